The molecule has 0 fully saturated rings. The Kier molecular flexibility index (Phi) is 5.12. The highest BCUT2D eigenvalue weighted by atomic mass is 32.2. The van der Waals surface area contributed by atoms with Crippen molar-refractivity contribution in [1.82, 2.24) is 5.16 Å². The molecule has 9 nitrogen and oxygen atoms in total. The number of ether oxygens (including phenoxy) is 1. The van der Waals surface area contributed by atoms with Crippen LogP contribution in [0.4, 0.5) is 5.88 Å². The number of carbonyl (C=O) groups is 2. The van der Waals surface area contributed by atoms with E-state index >= 15 is 0 Å². The van der Waals surface area contributed by atoms with Crippen molar-refractivity contribution in [2.24, 2.45) is 0 Å². The fraction of sp³-hybridized carbons (Fsp3) is 0.267. The Labute approximate surface area is 143 Å². The van der Waals surface area contributed by atoms with Crippen LogP contribution in [0, 0.1) is 13.8 Å². The van der Waals surface area contributed by atoms with E-state index in [2.05, 4.69) is 9.89 Å². The quantitative estimate of drug-likeness (QED) is 0.757. The molecule has 0 aliphatic heterocycles. The maximum atomic E-state index is 13.0. The van der Waals surface area contributed by atoms with Gasteiger partial charge >= 0.3 is 11.9 Å². The molecule has 1 heterocycles. The first-order valence-corrected chi connectivity index (χ1v) is 8.49. The lowest BCUT2D eigenvalue weighted by Crippen LogP contribution is -2.37. The Balaban J connectivity index is 2.66. The third-order valence-electron chi connectivity index (χ3n) is 3.54. The molecule has 0 atom stereocenters. The Bertz CT molecular complexity index is 918. The van der Waals surface area contributed by atoms with Crippen molar-refractivity contribution >= 4 is 27.8 Å². The predicted octanol–water partition coefficient (Wildman–Crippen LogP) is 1.36. The number of aromatic carboxylic acids is 1. The Hall–Kier alpha value is -2.88. The Morgan fingerprint density at radius 3 is 2.44 bits per heavy atom. The average Bonchev–Trinajstić information content (AvgIpc) is 2.91. The van der Waals surface area contributed by atoms with Gasteiger partial charge in [-0.3, -0.25) is 4.79 Å². The third-order valence-corrected chi connectivity index (χ3v) is 5.33. The summed E-state index contributed by atoms with van der Waals surface area (Å²) in [6.07, 6.45) is 0. The molecule has 25 heavy (non-hydrogen) atoms. The van der Waals surface area contributed by atoms with Crippen molar-refractivity contribution in [1.29, 1.82) is 0 Å². The molecule has 1 aromatic carbocycles. The Morgan fingerprint density at radius 2 is 1.92 bits per heavy atom. The lowest BCUT2D eigenvalue weighted by atomic mass is 10.2. The van der Waals surface area contributed by atoms with Crippen molar-refractivity contribution in [2.45, 2.75) is 18.7 Å². The number of carboxylic acid groups (broad SMARTS) is 1. The highest BCUT2D eigenvalue weighted by Crippen LogP contribution is 2.29. The first-order valence-electron chi connectivity index (χ1n) is 7.05. The van der Waals surface area contributed by atoms with Crippen molar-refractivity contribution in [2.75, 3.05) is 18.0 Å². The van der Waals surface area contributed by atoms with E-state index < -0.39 is 39.0 Å². The van der Waals surface area contributed by atoms with Crippen LogP contribution >= 0.6 is 0 Å². The lowest BCUT2D eigenvalue weighted by molar-refractivity contribution is -0.138. The number of rotatable bonds is 6. The van der Waals surface area contributed by atoms with Crippen LogP contribution < -0.4 is 4.31 Å². The molecule has 2 rings (SSSR count). The maximum Gasteiger partial charge on any atom is 0.337 e. The number of aryl methyl sites for hydroxylation is 1. The molecule has 0 unspecified atom stereocenters. The summed E-state index contributed by atoms with van der Waals surface area (Å²) in [6, 6.07) is 5.08. The number of hydrogen-bond acceptors (Lipinski definition) is 7. The molecule has 1 aromatic heterocycles. The maximum absolute atomic E-state index is 13.0. The first kappa shape index (κ1) is 18.5. The second-order valence-electron chi connectivity index (χ2n) is 5.09. The number of nitrogens with zero attached hydrogens (tertiary/aromatic N) is 2. The van der Waals surface area contributed by atoms with E-state index in [4.69, 9.17) is 4.52 Å². The molecule has 0 spiro atoms. The monoisotopic (exact) mass is 368 g/mol. The first-order chi connectivity index (χ1) is 11.7. The number of carbonyl (C=O) groups excluding carboxylic acids is 1. The minimum Gasteiger partial charge on any atom is -0.478 e. The van der Waals surface area contributed by atoms with Crippen molar-refractivity contribution in [3.05, 3.63) is 41.1 Å². The number of hydrogen-bond donors (Lipinski definition) is 1. The minimum absolute atomic E-state index is 0.178. The summed E-state index contributed by atoms with van der Waals surface area (Å²) in [5.74, 6) is -2.43. The predicted molar refractivity (Wildman–Crippen MR) is 85.9 cm³/mol. The molecule has 10 heteroatoms. The summed E-state index contributed by atoms with van der Waals surface area (Å²) < 4.78 is 36.3. The zero-order valence-corrected chi connectivity index (χ0v) is 14.5. The van der Waals surface area contributed by atoms with Crippen LogP contribution in [0.2, 0.25) is 0 Å². The number of methoxy groups -OCH3 is 1. The topological polar surface area (TPSA) is 127 Å². The Morgan fingerprint density at radius 1 is 1.28 bits per heavy atom. The van der Waals surface area contributed by atoms with Crippen LogP contribution in [0.3, 0.4) is 0 Å². The smallest absolute Gasteiger partial charge is 0.337 e. The molecular formula is C15H16N2O7S. The minimum atomic E-state index is -4.43. The van der Waals surface area contributed by atoms with Crippen LogP contribution in [0.1, 0.15) is 21.6 Å². The van der Waals surface area contributed by atoms with Crippen molar-refractivity contribution in [3.8, 4) is 0 Å². The fourth-order valence-electron chi connectivity index (χ4n) is 2.07. The summed E-state index contributed by atoms with van der Waals surface area (Å²) in [4.78, 5) is 22.6. The number of aromatic nitrogens is 1. The zero-order chi connectivity index (χ0) is 18.8. The molecule has 2 aromatic rings. The summed E-state index contributed by atoms with van der Waals surface area (Å²) in [5.41, 5.74) is 0.415. The van der Waals surface area contributed by atoms with Gasteiger partial charge in [0.25, 0.3) is 10.0 Å². The lowest BCUT2D eigenvalue weighted by Gasteiger charge is -2.21. The standard InChI is InChI=1S/C15H16N2O7S/c1-9-10(2)16-24-14(9)17(8-13(18)23-3)25(21,22)12-7-5-4-6-11(12)15(19)20/h4-7H,8H2,1-3H3,(H,19,20). The number of sulfonamides is 1. The highest BCUT2D eigenvalue weighted by Gasteiger charge is 2.34. The highest BCUT2D eigenvalue weighted by molar-refractivity contribution is 7.93. The van der Waals surface area contributed by atoms with Crippen LogP contribution in [0.25, 0.3) is 0 Å². The summed E-state index contributed by atoms with van der Waals surface area (Å²) in [6.45, 7) is 2.49. The van der Waals surface area contributed by atoms with E-state index in [1.54, 1.807) is 13.8 Å². The van der Waals surface area contributed by atoms with E-state index in [1.807, 2.05) is 0 Å². The second-order valence-corrected chi connectivity index (χ2v) is 6.92. The molecule has 0 saturated carbocycles. The van der Waals surface area contributed by atoms with E-state index in [-0.39, 0.29) is 5.88 Å². The molecule has 0 bridgehead atoms. The van der Waals surface area contributed by atoms with Crippen LogP contribution in [0.5, 0.6) is 0 Å². The van der Waals surface area contributed by atoms with Gasteiger partial charge in [-0.1, -0.05) is 17.3 Å². The number of benzene rings is 1. The summed E-state index contributed by atoms with van der Waals surface area (Å²) in [5, 5.41) is 12.9. The molecule has 134 valence electrons. The van der Waals surface area contributed by atoms with Gasteiger partial charge in [0.15, 0.2) is 0 Å². The van der Waals surface area contributed by atoms with Gasteiger partial charge in [0, 0.05) is 5.56 Å². The number of carboxylic acids is 1. The second kappa shape index (κ2) is 6.93. The SMILES string of the molecule is COC(=O)CN(c1onc(C)c1C)S(=O)(=O)c1ccccc1C(=O)O. The van der Waals surface area contributed by atoms with Crippen LogP contribution in [0.15, 0.2) is 33.7 Å². The molecule has 0 aliphatic carbocycles. The largest absolute Gasteiger partial charge is 0.478 e. The molecule has 0 radical (unpaired) electrons. The van der Waals surface area contributed by atoms with Gasteiger partial charge in [-0.25, -0.2) is 17.5 Å². The van der Waals surface area contributed by atoms with E-state index in [1.165, 1.54) is 12.1 Å². The van der Waals surface area contributed by atoms with Crippen LogP contribution in [-0.4, -0.2) is 44.3 Å². The van der Waals surface area contributed by atoms with Gasteiger partial charge in [0.1, 0.15) is 11.4 Å². The fourth-order valence-corrected chi connectivity index (χ4v) is 3.66. The zero-order valence-electron chi connectivity index (χ0n) is 13.7. The van der Waals surface area contributed by atoms with Crippen molar-refractivity contribution in [3.63, 3.8) is 0 Å². The normalized spacial score (nSPS) is 11.2. The van der Waals surface area contributed by atoms with E-state index in [0.29, 0.717) is 15.6 Å². The van der Waals surface area contributed by atoms with Gasteiger partial charge < -0.3 is 14.4 Å². The van der Waals surface area contributed by atoms with Crippen molar-refractivity contribution < 1.29 is 32.4 Å². The summed E-state index contributed by atoms with van der Waals surface area (Å²) in [7, 11) is -3.32. The molecule has 0 saturated heterocycles. The van der Waals surface area contributed by atoms with Gasteiger partial charge in [-0.05, 0) is 26.0 Å². The molecule has 0 aliphatic rings. The molecular weight excluding hydrogens is 352 g/mol. The summed E-state index contributed by atoms with van der Waals surface area (Å²) >= 11 is 0. The van der Waals surface area contributed by atoms with E-state index in [0.717, 1.165) is 19.2 Å². The molecule has 0 amide bonds. The average molecular weight is 368 g/mol. The van der Waals surface area contributed by atoms with Gasteiger partial charge in [-0.2, -0.15) is 0 Å². The molecule has 1 N–H and O–H groups in total. The number of esters is 1. The van der Waals surface area contributed by atoms with E-state index in [9.17, 15) is 23.1 Å². The third kappa shape index (κ3) is 3.48. The van der Waals surface area contributed by atoms with Gasteiger partial charge in [0.05, 0.1) is 18.4 Å². The van der Waals surface area contributed by atoms with Gasteiger partial charge in [0.2, 0.25) is 5.88 Å². The van der Waals surface area contributed by atoms with Crippen LogP contribution in [-0.2, 0) is 19.6 Å². The van der Waals surface area contributed by atoms with Gasteiger partial charge in [-0.15, -0.1) is 0 Å². The number of anilines is 1.